The SMILES string of the molecule is CC/C=C\C/C=C\C/C=C\C/C=C\C/C=C\CCCCCCCCCCCCCCCC(=O)OC(COC(=O)CCCCCCCCC/C=C\CCCCCCCC)COP(=O)(O)OCC[N+](C)(C)C. The van der Waals surface area contributed by atoms with Crippen LogP contribution in [0.2, 0.25) is 0 Å². The van der Waals surface area contributed by atoms with Crippen LogP contribution in [-0.4, -0.2) is 74.9 Å². The zero-order chi connectivity index (χ0) is 51.3. The molecule has 0 saturated carbocycles. The highest BCUT2D eigenvalue weighted by atomic mass is 31.2. The van der Waals surface area contributed by atoms with Crippen LogP contribution in [0, 0.1) is 0 Å². The van der Waals surface area contributed by atoms with Crippen molar-refractivity contribution >= 4 is 19.8 Å². The Bertz CT molecular complexity index is 1410. The predicted octanol–water partition coefficient (Wildman–Crippen LogP) is 17.7. The molecule has 0 heterocycles. The van der Waals surface area contributed by atoms with Gasteiger partial charge in [-0.25, -0.2) is 4.57 Å². The van der Waals surface area contributed by atoms with Crippen molar-refractivity contribution in [1.29, 1.82) is 0 Å². The number of phosphoric acid groups is 1. The van der Waals surface area contributed by atoms with Crippen LogP contribution in [0.15, 0.2) is 72.9 Å². The van der Waals surface area contributed by atoms with Gasteiger partial charge < -0.3 is 18.9 Å². The van der Waals surface area contributed by atoms with Crippen LogP contribution in [-0.2, 0) is 32.7 Å². The van der Waals surface area contributed by atoms with Gasteiger partial charge in [0.05, 0.1) is 27.7 Å². The molecule has 2 atom stereocenters. The van der Waals surface area contributed by atoms with Crippen LogP contribution in [0.3, 0.4) is 0 Å². The Morgan fingerprint density at radius 2 is 0.814 bits per heavy atom. The van der Waals surface area contributed by atoms with E-state index < -0.39 is 26.5 Å². The molecule has 0 rings (SSSR count). The van der Waals surface area contributed by atoms with E-state index in [1.807, 2.05) is 21.1 Å². The fraction of sp³-hybridized carbons (Fsp3) is 0.767. The second-order valence-electron chi connectivity index (χ2n) is 20.3. The van der Waals surface area contributed by atoms with Crippen molar-refractivity contribution in [3.8, 4) is 0 Å². The molecule has 0 bridgehead atoms. The van der Waals surface area contributed by atoms with Gasteiger partial charge in [0.15, 0.2) is 6.10 Å². The number of phosphoric ester groups is 1. The Morgan fingerprint density at radius 3 is 1.23 bits per heavy atom. The second kappa shape index (κ2) is 51.4. The van der Waals surface area contributed by atoms with Gasteiger partial charge in [0.2, 0.25) is 0 Å². The van der Waals surface area contributed by atoms with Crippen LogP contribution >= 0.6 is 7.82 Å². The minimum atomic E-state index is -4.39. The van der Waals surface area contributed by atoms with Gasteiger partial charge in [0, 0.05) is 12.8 Å². The van der Waals surface area contributed by atoms with E-state index in [-0.39, 0.29) is 32.0 Å². The van der Waals surface area contributed by atoms with Crippen LogP contribution < -0.4 is 0 Å². The normalized spacial score (nSPS) is 13.9. The van der Waals surface area contributed by atoms with Crippen molar-refractivity contribution in [3.05, 3.63) is 72.9 Å². The highest BCUT2D eigenvalue weighted by molar-refractivity contribution is 7.47. The Kier molecular flexibility index (Phi) is 49.5. The lowest BCUT2D eigenvalue weighted by molar-refractivity contribution is -0.870. The Balaban J connectivity index is 4.15. The number of unbranched alkanes of at least 4 members (excludes halogenated alkanes) is 26. The van der Waals surface area contributed by atoms with E-state index in [1.165, 1.54) is 141 Å². The molecule has 0 aromatic carbocycles. The minimum Gasteiger partial charge on any atom is -0.462 e. The molecule has 0 aliphatic rings. The quantitative estimate of drug-likeness (QED) is 0.0211. The number of hydrogen-bond donors (Lipinski definition) is 1. The number of carbonyl (C=O) groups excluding carboxylic acids is 2. The molecule has 0 spiro atoms. The number of allylic oxidation sites excluding steroid dienone is 12. The highest BCUT2D eigenvalue weighted by Crippen LogP contribution is 2.43. The molecule has 0 aliphatic carbocycles. The molecular formula is C60H109NO8P+. The van der Waals surface area contributed by atoms with Crippen molar-refractivity contribution in [2.45, 2.75) is 251 Å². The maximum atomic E-state index is 12.8. The summed E-state index contributed by atoms with van der Waals surface area (Å²) in [6.45, 7) is 4.32. The van der Waals surface area contributed by atoms with E-state index in [4.69, 9.17) is 18.5 Å². The first-order valence-electron chi connectivity index (χ1n) is 28.7. The fourth-order valence-corrected chi connectivity index (χ4v) is 8.54. The van der Waals surface area contributed by atoms with Crippen molar-refractivity contribution in [2.75, 3.05) is 47.5 Å². The number of likely N-dealkylation sites (N-methyl/N-ethyl adjacent to an activating group) is 1. The minimum absolute atomic E-state index is 0.0291. The van der Waals surface area contributed by atoms with Crippen molar-refractivity contribution in [1.82, 2.24) is 0 Å². The van der Waals surface area contributed by atoms with Gasteiger partial charge in [-0.1, -0.05) is 222 Å². The highest BCUT2D eigenvalue weighted by Gasteiger charge is 2.27. The number of esters is 2. The summed E-state index contributed by atoms with van der Waals surface area (Å²) in [4.78, 5) is 35.7. The van der Waals surface area contributed by atoms with E-state index in [9.17, 15) is 19.0 Å². The Hall–Kier alpha value is -2.55. The monoisotopic (exact) mass is 1000 g/mol. The summed E-state index contributed by atoms with van der Waals surface area (Å²) < 4.78 is 34.5. The first-order valence-corrected chi connectivity index (χ1v) is 30.2. The second-order valence-corrected chi connectivity index (χ2v) is 21.7. The van der Waals surface area contributed by atoms with Gasteiger partial charge in [0.25, 0.3) is 0 Å². The first-order chi connectivity index (χ1) is 34.0. The van der Waals surface area contributed by atoms with Crippen molar-refractivity contribution in [3.63, 3.8) is 0 Å². The van der Waals surface area contributed by atoms with Gasteiger partial charge >= 0.3 is 19.8 Å². The molecule has 9 nitrogen and oxygen atoms in total. The molecule has 406 valence electrons. The van der Waals surface area contributed by atoms with E-state index in [0.29, 0.717) is 17.4 Å². The van der Waals surface area contributed by atoms with E-state index >= 15 is 0 Å². The van der Waals surface area contributed by atoms with Gasteiger partial charge in [-0.3, -0.25) is 18.6 Å². The number of rotatable bonds is 52. The maximum Gasteiger partial charge on any atom is 0.472 e. The average molecular weight is 1000 g/mol. The third-order valence-electron chi connectivity index (χ3n) is 12.2. The number of hydrogen-bond acceptors (Lipinski definition) is 7. The molecule has 10 heteroatoms. The van der Waals surface area contributed by atoms with Gasteiger partial charge in [0.1, 0.15) is 19.8 Å². The third kappa shape index (κ3) is 54.8. The number of ether oxygens (including phenoxy) is 2. The number of quaternary nitrogens is 1. The largest absolute Gasteiger partial charge is 0.472 e. The Morgan fingerprint density at radius 1 is 0.457 bits per heavy atom. The molecule has 0 radical (unpaired) electrons. The van der Waals surface area contributed by atoms with E-state index in [2.05, 4.69) is 86.8 Å². The zero-order valence-electron chi connectivity index (χ0n) is 46.0. The molecule has 0 aliphatic heterocycles. The molecule has 0 saturated heterocycles. The lowest BCUT2D eigenvalue weighted by Gasteiger charge is -2.24. The maximum absolute atomic E-state index is 12.8. The first kappa shape index (κ1) is 67.5. The van der Waals surface area contributed by atoms with Crippen LogP contribution in [0.5, 0.6) is 0 Å². The lowest BCUT2D eigenvalue weighted by atomic mass is 10.0. The van der Waals surface area contributed by atoms with Gasteiger partial charge in [-0.2, -0.15) is 0 Å². The topological polar surface area (TPSA) is 108 Å². The van der Waals surface area contributed by atoms with E-state index in [1.54, 1.807) is 0 Å². The molecule has 0 aromatic heterocycles. The lowest BCUT2D eigenvalue weighted by Crippen LogP contribution is -2.37. The summed E-state index contributed by atoms with van der Waals surface area (Å²) in [7, 11) is 1.47. The summed E-state index contributed by atoms with van der Waals surface area (Å²) in [5, 5.41) is 0. The molecular weight excluding hydrogens is 894 g/mol. The molecule has 2 unspecified atom stereocenters. The zero-order valence-corrected chi connectivity index (χ0v) is 46.9. The summed E-state index contributed by atoms with van der Waals surface area (Å²) in [6.07, 6.45) is 66.8. The van der Waals surface area contributed by atoms with Crippen molar-refractivity contribution in [2.24, 2.45) is 0 Å². The standard InChI is InChI=1S/C60H108NO8P/c1-6-8-10-12-14-16-18-20-22-24-25-26-27-28-29-30-31-32-33-34-35-37-39-41-43-45-47-49-51-53-60(63)69-58(57-68-70(64,65)67-55-54-61(3,4)5)56-66-59(62)52-50-48-46-44-42-40-38-36-23-21-19-17-15-13-11-9-7-2/h8,10,14,16,20-23,25-26,28-29,58H,6-7,9,11-13,15,17-19,24,27,30-57H2,1-5H3/p+1/b10-8-,16-14-,22-20-,23-21-,26-25-,29-28-. The summed E-state index contributed by atoms with van der Waals surface area (Å²) in [6, 6.07) is 0. The van der Waals surface area contributed by atoms with Gasteiger partial charge in [-0.15, -0.1) is 0 Å². The smallest absolute Gasteiger partial charge is 0.462 e. The molecule has 0 fully saturated rings. The summed E-state index contributed by atoms with van der Waals surface area (Å²) >= 11 is 0. The number of nitrogens with zero attached hydrogens (tertiary/aromatic N) is 1. The average Bonchev–Trinajstić information content (AvgIpc) is 3.32. The van der Waals surface area contributed by atoms with Crippen LogP contribution in [0.1, 0.15) is 245 Å². The Labute approximate surface area is 431 Å². The van der Waals surface area contributed by atoms with Gasteiger partial charge in [-0.05, 0) is 83.5 Å². The third-order valence-corrected chi connectivity index (χ3v) is 13.2. The number of carbonyl (C=O) groups is 2. The molecule has 70 heavy (non-hydrogen) atoms. The van der Waals surface area contributed by atoms with E-state index in [0.717, 1.165) is 70.6 Å². The van der Waals surface area contributed by atoms with Crippen LogP contribution in [0.25, 0.3) is 0 Å². The fourth-order valence-electron chi connectivity index (χ4n) is 7.80. The predicted molar refractivity (Wildman–Crippen MR) is 298 cm³/mol. The molecule has 1 N–H and O–H groups in total. The summed E-state index contributed by atoms with van der Waals surface area (Å²) in [5.74, 6) is -0.800. The summed E-state index contributed by atoms with van der Waals surface area (Å²) in [5.41, 5.74) is 0. The van der Waals surface area contributed by atoms with Crippen molar-refractivity contribution < 1.29 is 42.1 Å². The molecule has 0 aromatic rings. The van der Waals surface area contributed by atoms with Crippen LogP contribution in [0.4, 0.5) is 0 Å². The molecule has 0 amide bonds.